The van der Waals surface area contributed by atoms with Gasteiger partial charge in [-0.2, -0.15) is 0 Å². The maximum atomic E-state index is 12.3. The third kappa shape index (κ3) is 3.52. The molecule has 0 radical (unpaired) electrons. The average Bonchev–Trinajstić information content (AvgIpc) is 2.77. The van der Waals surface area contributed by atoms with Crippen LogP contribution in [-0.2, 0) is 16.1 Å². The van der Waals surface area contributed by atoms with Gasteiger partial charge in [-0.25, -0.2) is 0 Å². The Morgan fingerprint density at radius 3 is 2.83 bits per heavy atom. The van der Waals surface area contributed by atoms with Gasteiger partial charge in [0.1, 0.15) is 0 Å². The standard InChI is InChI=1S/C17H16BrIN2O2/c1-2-17(23)21-7-11(8-21)5-13(22)9-20-10-15(19)14-4-3-12(18)6-16(14)20/h2-4,6,10-11H,1,5,7-9H2. The predicted molar refractivity (Wildman–Crippen MR) is 102 cm³/mol. The van der Waals surface area contributed by atoms with Crippen LogP contribution in [-0.4, -0.2) is 34.2 Å². The van der Waals surface area contributed by atoms with Crippen LogP contribution in [0.2, 0.25) is 0 Å². The zero-order chi connectivity index (χ0) is 16.6. The number of carbonyl (C=O) groups excluding carboxylic acids is 2. The quantitative estimate of drug-likeness (QED) is 0.478. The zero-order valence-corrected chi connectivity index (χ0v) is 16.2. The molecule has 1 amide bonds. The summed E-state index contributed by atoms with van der Waals surface area (Å²) in [5.41, 5.74) is 1.06. The van der Waals surface area contributed by atoms with Crippen molar-refractivity contribution >= 4 is 61.1 Å². The van der Waals surface area contributed by atoms with Gasteiger partial charge in [0.15, 0.2) is 5.78 Å². The van der Waals surface area contributed by atoms with Gasteiger partial charge in [0.25, 0.3) is 0 Å². The van der Waals surface area contributed by atoms with Gasteiger partial charge in [-0.1, -0.05) is 28.6 Å². The molecule has 23 heavy (non-hydrogen) atoms. The van der Waals surface area contributed by atoms with Gasteiger partial charge < -0.3 is 9.47 Å². The van der Waals surface area contributed by atoms with Crippen molar-refractivity contribution in [2.24, 2.45) is 5.92 Å². The first-order valence-corrected chi connectivity index (χ1v) is 9.22. The number of fused-ring (bicyclic) bond motifs is 1. The molecule has 120 valence electrons. The summed E-state index contributed by atoms with van der Waals surface area (Å²) >= 11 is 5.78. The molecule has 0 N–H and O–H groups in total. The third-order valence-corrected chi connectivity index (χ3v) is 5.46. The van der Waals surface area contributed by atoms with Gasteiger partial charge in [0.05, 0.1) is 12.1 Å². The molecule has 1 saturated heterocycles. The first-order chi connectivity index (χ1) is 11.0. The maximum Gasteiger partial charge on any atom is 0.245 e. The van der Waals surface area contributed by atoms with E-state index in [4.69, 9.17) is 0 Å². The van der Waals surface area contributed by atoms with Crippen LogP contribution in [0, 0.1) is 9.49 Å². The molecule has 3 rings (SSSR count). The highest BCUT2D eigenvalue weighted by molar-refractivity contribution is 14.1. The Kier molecular flexibility index (Phi) is 4.91. The van der Waals surface area contributed by atoms with Crippen LogP contribution in [0.3, 0.4) is 0 Å². The molecule has 0 unspecified atom stereocenters. The van der Waals surface area contributed by atoms with Crippen LogP contribution in [0.25, 0.3) is 10.9 Å². The first-order valence-electron chi connectivity index (χ1n) is 7.35. The molecule has 6 heteroatoms. The largest absolute Gasteiger partial charge is 0.339 e. The van der Waals surface area contributed by atoms with Crippen molar-refractivity contribution < 1.29 is 9.59 Å². The lowest BCUT2D eigenvalue weighted by molar-refractivity contribution is -0.134. The van der Waals surface area contributed by atoms with Gasteiger partial charge >= 0.3 is 0 Å². The number of benzene rings is 1. The molecule has 1 aromatic carbocycles. The molecule has 0 spiro atoms. The SMILES string of the molecule is C=CC(=O)N1CC(CC(=O)Cn2cc(I)c3ccc(Br)cc32)C1. The van der Waals surface area contributed by atoms with E-state index in [2.05, 4.69) is 51.2 Å². The fraction of sp³-hybridized carbons (Fsp3) is 0.294. The van der Waals surface area contributed by atoms with E-state index in [9.17, 15) is 9.59 Å². The Morgan fingerprint density at radius 2 is 2.13 bits per heavy atom. The summed E-state index contributed by atoms with van der Waals surface area (Å²) in [7, 11) is 0. The molecule has 0 bridgehead atoms. The summed E-state index contributed by atoms with van der Waals surface area (Å²) in [4.78, 5) is 25.5. The van der Waals surface area contributed by atoms with Crippen molar-refractivity contribution in [1.29, 1.82) is 0 Å². The third-order valence-electron chi connectivity index (χ3n) is 4.10. The second kappa shape index (κ2) is 6.76. The number of amides is 1. The fourth-order valence-electron chi connectivity index (χ4n) is 2.94. The van der Waals surface area contributed by atoms with E-state index in [1.807, 2.05) is 22.9 Å². The molecule has 0 aliphatic carbocycles. The number of carbonyl (C=O) groups is 2. The van der Waals surface area contributed by atoms with Gasteiger partial charge in [-0.05, 0) is 40.8 Å². The number of rotatable bonds is 5. The summed E-state index contributed by atoms with van der Waals surface area (Å²) in [5.74, 6) is 0.428. The lowest BCUT2D eigenvalue weighted by Gasteiger charge is -2.38. The van der Waals surface area contributed by atoms with Gasteiger partial charge in [-0.3, -0.25) is 9.59 Å². The molecule has 0 saturated carbocycles. The Balaban J connectivity index is 1.64. The number of hydrogen-bond donors (Lipinski definition) is 0. The van der Waals surface area contributed by atoms with E-state index < -0.39 is 0 Å². The topological polar surface area (TPSA) is 42.3 Å². The number of aromatic nitrogens is 1. The minimum absolute atomic E-state index is 0.0514. The van der Waals surface area contributed by atoms with Crippen LogP contribution in [0.15, 0.2) is 41.5 Å². The minimum atomic E-state index is -0.0514. The van der Waals surface area contributed by atoms with Crippen molar-refractivity contribution in [3.63, 3.8) is 0 Å². The summed E-state index contributed by atoms with van der Waals surface area (Å²) in [6, 6.07) is 6.11. The minimum Gasteiger partial charge on any atom is -0.339 e. The lowest BCUT2D eigenvalue weighted by atomic mass is 9.94. The van der Waals surface area contributed by atoms with Crippen LogP contribution < -0.4 is 0 Å². The number of Topliss-reactive ketones (excluding diaryl/α,β-unsaturated/α-hetero) is 1. The van der Waals surface area contributed by atoms with E-state index in [0.717, 1.165) is 18.9 Å². The number of likely N-dealkylation sites (tertiary alicyclic amines) is 1. The average molecular weight is 487 g/mol. The molecule has 1 aliphatic heterocycles. The number of ketones is 1. The Labute approximate surface area is 156 Å². The second-order valence-electron chi connectivity index (χ2n) is 5.82. The van der Waals surface area contributed by atoms with Crippen LogP contribution in [0.1, 0.15) is 6.42 Å². The highest BCUT2D eigenvalue weighted by atomic mass is 127. The molecular weight excluding hydrogens is 471 g/mol. The van der Waals surface area contributed by atoms with Crippen molar-refractivity contribution in [2.75, 3.05) is 13.1 Å². The molecule has 0 atom stereocenters. The van der Waals surface area contributed by atoms with E-state index in [0.29, 0.717) is 26.1 Å². The monoisotopic (exact) mass is 486 g/mol. The zero-order valence-electron chi connectivity index (χ0n) is 12.5. The van der Waals surface area contributed by atoms with Gasteiger partial charge in [-0.15, -0.1) is 0 Å². The van der Waals surface area contributed by atoms with Crippen LogP contribution in [0.5, 0.6) is 0 Å². The summed E-state index contributed by atoms with van der Waals surface area (Å²) < 4.78 is 4.16. The van der Waals surface area contributed by atoms with E-state index in [1.165, 1.54) is 6.08 Å². The highest BCUT2D eigenvalue weighted by Gasteiger charge is 2.30. The first kappa shape index (κ1) is 16.7. The van der Waals surface area contributed by atoms with Crippen molar-refractivity contribution in [2.45, 2.75) is 13.0 Å². The molecule has 2 heterocycles. The molecule has 4 nitrogen and oxygen atoms in total. The van der Waals surface area contributed by atoms with Crippen molar-refractivity contribution in [1.82, 2.24) is 9.47 Å². The maximum absolute atomic E-state index is 12.3. The second-order valence-corrected chi connectivity index (χ2v) is 7.90. The summed E-state index contributed by atoms with van der Waals surface area (Å²) in [6.07, 6.45) is 3.86. The molecular formula is C17H16BrIN2O2. The molecule has 2 aromatic rings. The number of hydrogen-bond acceptors (Lipinski definition) is 2. The summed E-state index contributed by atoms with van der Waals surface area (Å²) in [6.45, 7) is 5.17. The number of halogens is 2. The van der Waals surface area contributed by atoms with Crippen molar-refractivity contribution in [3.8, 4) is 0 Å². The lowest BCUT2D eigenvalue weighted by Crippen LogP contribution is -2.50. The molecule has 1 fully saturated rings. The molecule has 1 aromatic heterocycles. The summed E-state index contributed by atoms with van der Waals surface area (Å²) in [5, 5.41) is 1.16. The normalized spacial score (nSPS) is 14.8. The van der Waals surface area contributed by atoms with Crippen LogP contribution in [0.4, 0.5) is 0 Å². The van der Waals surface area contributed by atoms with Gasteiger partial charge in [0.2, 0.25) is 5.91 Å². The fourth-order valence-corrected chi connectivity index (χ4v) is 4.08. The van der Waals surface area contributed by atoms with E-state index in [-0.39, 0.29) is 17.6 Å². The van der Waals surface area contributed by atoms with Gasteiger partial charge in [0, 0.05) is 45.1 Å². The van der Waals surface area contributed by atoms with Crippen molar-refractivity contribution in [3.05, 3.63) is 45.1 Å². The van der Waals surface area contributed by atoms with Crippen LogP contribution >= 0.6 is 38.5 Å². The highest BCUT2D eigenvalue weighted by Crippen LogP contribution is 2.27. The Morgan fingerprint density at radius 1 is 1.39 bits per heavy atom. The smallest absolute Gasteiger partial charge is 0.245 e. The number of nitrogens with zero attached hydrogens (tertiary/aromatic N) is 2. The predicted octanol–water partition coefficient (Wildman–Crippen LogP) is 3.61. The van der Waals surface area contributed by atoms with E-state index in [1.54, 1.807) is 4.90 Å². The Hall–Kier alpha value is -1.15. The Bertz CT molecular complexity index is 793. The van der Waals surface area contributed by atoms with E-state index >= 15 is 0 Å². The molecule has 1 aliphatic rings.